The highest BCUT2D eigenvalue weighted by molar-refractivity contribution is 7.99. The van der Waals surface area contributed by atoms with Crippen LogP contribution in [0.3, 0.4) is 0 Å². The Bertz CT molecular complexity index is 959. The summed E-state index contributed by atoms with van der Waals surface area (Å²) < 4.78 is 30.1. The van der Waals surface area contributed by atoms with E-state index in [4.69, 9.17) is 9.84 Å². The number of ether oxygens (including phenoxy) is 1. The minimum Gasteiger partial charge on any atom is -0.480 e. The summed E-state index contributed by atoms with van der Waals surface area (Å²) >= 11 is 1.14. The van der Waals surface area contributed by atoms with Crippen LogP contribution in [-0.4, -0.2) is 60.2 Å². The van der Waals surface area contributed by atoms with E-state index in [0.717, 1.165) is 34.0 Å². The van der Waals surface area contributed by atoms with Crippen molar-refractivity contribution in [2.75, 3.05) is 24.7 Å². The fraction of sp³-hybridized carbons (Fsp3) is 0.348. The highest BCUT2D eigenvalue weighted by Crippen LogP contribution is 2.44. The number of benzene rings is 2. The predicted octanol–water partition coefficient (Wildman–Crippen LogP) is 3.48. The molecule has 0 aliphatic heterocycles. The Balaban J connectivity index is 1.37. The van der Waals surface area contributed by atoms with Crippen LogP contribution in [0.2, 0.25) is 0 Å². The van der Waals surface area contributed by atoms with Crippen molar-refractivity contribution in [2.24, 2.45) is 0 Å². The second-order valence-corrected chi connectivity index (χ2v) is 8.50. The van der Waals surface area contributed by atoms with Crippen molar-refractivity contribution in [3.8, 4) is 11.1 Å². The molecule has 2 amide bonds. The summed E-state index contributed by atoms with van der Waals surface area (Å²) in [4.78, 5) is 34.7. The Hall–Kier alpha value is -3.14. The van der Waals surface area contributed by atoms with Gasteiger partial charge in [0.1, 0.15) is 12.6 Å². The van der Waals surface area contributed by atoms with Gasteiger partial charge in [-0.15, -0.1) is 0 Å². The van der Waals surface area contributed by atoms with Crippen LogP contribution in [0.25, 0.3) is 11.1 Å². The van der Waals surface area contributed by atoms with E-state index in [2.05, 4.69) is 10.6 Å². The summed E-state index contributed by atoms with van der Waals surface area (Å²) in [6.07, 6.45) is -4.36. The third-order valence-electron chi connectivity index (χ3n) is 5.14. The maximum atomic E-state index is 12.4. The molecule has 1 aliphatic carbocycles. The van der Waals surface area contributed by atoms with Gasteiger partial charge >= 0.3 is 12.1 Å². The first-order valence-electron chi connectivity index (χ1n) is 10.3. The number of alkyl carbamates (subject to hydrolysis) is 1. The van der Waals surface area contributed by atoms with E-state index < -0.39 is 36.9 Å². The lowest BCUT2D eigenvalue weighted by Gasteiger charge is -2.15. The summed E-state index contributed by atoms with van der Waals surface area (Å²) in [6.45, 7) is 0.421. The van der Waals surface area contributed by atoms with Crippen molar-refractivity contribution in [1.82, 2.24) is 10.6 Å². The van der Waals surface area contributed by atoms with Gasteiger partial charge in [-0.25, -0.2) is 18.4 Å². The van der Waals surface area contributed by atoms with Crippen LogP contribution < -0.4 is 10.6 Å². The van der Waals surface area contributed by atoms with Gasteiger partial charge in [0.15, 0.2) is 0 Å². The van der Waals surface area contributed by atoms with Crippen LogP contribution >= 0.6 is 11.8 Å². The fourth-order valence-corrected chi connectivity index (χ4v) is 4.33. The molecule has 7 nitrogen and oxygen atoms in total. The number of halogens is 2. The quantitative estimate of drug-likeness (QED) is 0.427. The molecule has 33 heavy (non-hydrogen) atoms. The number of alkyl halides is 2. The van der Waals surface area contributed by atoms with E-state index in [1.54, 1.807) is 0 Å². The van der Waals surface area contributed by atoms with Gasteiger partial charge in [-0.2, -0.15) is 11.8 Å². The van der Waals surface area contributed by atoms with Crippen molar-refractivity contribution >= 4 is 29.7 Å². The second kappa shape index (κ2) is 11.6. The number of hydrogen-bond donors (Lipinski definition) is 3. The van der Waals surface area contributed by atoms with Gasteiger partial charge in [-0.1, -0.05) is 48.5 Å². The summed E-state index contributed by atoms with van der Waals surface area (Å²) in [6, 6.07) is 14.4. The number of carbonyl (C=O) groups is 3. The molecule has 0 spiro atoms. The van der Waals surface area contributed by atoms with Gasteiger partial charge in [0.05, 0.1) is 5.75 Å². The molecule has 2 aromatic carbocycles. The topological polar surface area (TPSA) is 105 Å². The van der Waals surface area contributed by atoms with E-state index in [-0.39, 0.29) is 24.8 Å². The van der Waals surface area contributed by atoms with Crippen molar-refractivity contribution in [3.63, 3.8) is 0 Å². The Kier molecular flexibility index (Phi) is 8.65. The first-order chi connectivity index (χ1) is 15.9. The fourth-order valence-electron chi connectivity index (χ4n) is 3.68. The van der Waals surface area contributed by atoms with Gasteiger partial charge in [0, 0.05) is 24.6 Å². The molecule has 0 saturated carbocycles. The minimum absolute atomic E-state index is 0.0448. The van der Waals surface area contributed by atoms with E-state index >= 15 is 0 Å². The first-order valence-corrected chi connectivity index (χ1v) is 11.5. The monoisotopic (exact) mass is 478 g/mol. The highest BCUT2D eigenvalue weighted by atomic mass is 32.2. The zero-order valence-corrected chi connectivity index (χ0v) is 18.4. The lowest BCUT2D eigenvalue weighted by atomic mass is 9.98. The van der Waals surface area contributed by atoms with Crippen LogP contribution in [0.5, 0.6) is 0 Å². The Labute approximate surface area is 193 Å². The first kappa shape index (κ1) is 24.5. The molecule has 0 fully saturated rings. The number of carbonyl (C=O) groups excluding carboxylic acids is 2. The van der Waals surface area contributed by atoms with Gasteiger partial charge in [0.25, 0.3) is 0 Å². The number of nitrogens with one attached hydrogen (secondary N) is 2. The molecule has 1 aliphatic rings. The number of fused-ring (bicyclic) bond motifs is 3. The predicted molar refractivity (Wildman–Crippen MR) is 121 cm³/mol. The lowest BCUT2D eigenvalue weighted by molar-refractivity contribution is -0.142. The van der Waals surface area contributed by atoms with E-state index in [9.17, 15) is 23.2 Å². The minimum atomic E-state index is -2.83. The Morgan fingerprint density at radius 3 is 2.21 bits per heavy atom. The number of thioether (sulfide) groups is 1. The summed E-state index contributed by atoms with van der Waals surface area (Å²) in [5.41, 5.74) is 4.49. The largest absolute Gasteiger partial charge is 0.480 e. The number of aliphatic carboxylic acids is 1. The molecule has 0 radical (unpaired) electrons. The van der Waals surface area contributed by atoms with Gasteiger partial charge in [0.2, 0.25) is 12.3 Å². The smallest absolute Gasteiger partial charge is 0.407 e. The SMILES string of the molecule is O=C(CSCCNC(=O)OCC1c2ccccc2-c2ccccc21)NC(CC(F)F)C(=O)O. The average molecular weight is 479 g/mol. The molecular formula is C23H24F2N2O5S. The van der Waals surface area contributed by atoms with E-state index in [1.807, 2.05) is 48.5 Å². The zero-order chi connectivity index (χ0) is 23.8. The third kappa shape index (κ3) is 6.67. The third-order valence-corrected chi connectivity index (χ3v) is 6.10. The molecule has 0 aromatic heterocycles. The summed E-state index contributed by atoms with van der Waals surface area (Å²) in [7, 11) is 0. The molecule has 0 saturated heterocycles. The number of rotatable bonds is 11. The van der Waals surface area contributed by atoms with Crippen LogP contribution in [0.15, 0.2) is 48.5 Å². The van der Waals surface area contributed by atoms with Crippen molar-refractivity contribution in [2.45, 2.75) is 24.8 Å². The van der Waals surface area contributed by atoms with E-state index in [1.165, 1.54) is 0 Å². The maximum absolute atomic E-state index is 12.4. The average Bonchev–Trinajstić information content (AvgIpc) is 3.10. The molecule has 3 rings (SSSR count). The molecule has 2 aromatic rings. The number of hydrogen-bond acceptors (Lipinski definition) is 5. The normalized spacial score (nSPS) is 13.2. The van der Waals surface area contributed by atoms with Crippen LogP contribution in [0.1, 0.15) is 23.5 Å². The second-order valence-electron chi connectivity index (χ2n) is 7.39. The maximum Gasteiger partial charge on any atom is 0.407 e. The molecular weight excluding hydrogens is 454 g/mol. The van der Waals surface area contributed by atoms with E-state index in [0.29, 0.717) is 5.75 Å². The van der Waals surface area contributed by atoms with Crippen LogP contribution in [0, 0.1) is 0 Å². The molecule has 176 valence electrons. The molecule has 10 heteroatoms. The van der Waals surface area contributed by atoms with Gasteiger partial charge in [-0.3, -0.25) is 4.79 Å². The molecule has 1 atom stereocenters. The number of amides is 2. The van der Waals surface area contributed by atoms with Crippen molar-refractivity contribution < 1.29 is 33.0 Å². The molecule has 3 N–H and O–H groups in total. The van der Waals surface area contributed by atoms with Crippen LogP contribution in [-0.2, 0) is 14.3 Å². The molecule has 0 heterocycles. The van der Waals surface area contributed by atoms with Crippen LogP contribution in [0.4, 0.5) is 13.6 Å². The number of carboxylic acids is 1. The summed E-state index contributed by atoms with van der Waals surface area (Å²) in [5.74, 6) is -1.96. The zero-order valence-electron chi connectivity index (χ0n) is 17.6. The Morgan fingerprint density at radius 2 is 1.64 bits per heavy atom. The molecule has 1 unspecified atom stereocenters. The van der Waals surface area contributed by atoms with Crippen molar-refractivity contribution in [1.29, 1.82) is 0 Å². The highest BCUT2D eigenvalue weighted by Gasteiger charge is 2.29. The standard InChI is InChI=1S/C23H24F2N2O5S/c24-20(25)11-19(22(29)30)27-21(28)13-33-10-9-26-23(31)32-12-18-16-7-3-1-5-14(16)15-6-2-4-8-17(15)18/h1-8,18-20H,9-13H2,(H,26,31)(H,27,28)(H,29,30). The van der Waals surface area contributed by atoms with Gasteiger partial charge in [-0.05, 0) is 22.3 Å². The lowest BCUT2D eigenvalue weighted by Crippen LogP contribution is -2.42. The Morgan fingerprint density at radius 1 is 1.03 bits per heavy atom. The van der Waals surface area contributed by atoms with Gasteiger partial charge < -0.3 is 20.5 Å². The number of carboxylic acid groups (broad SMARTS) is 1. The summed E-state index contributed by atoms with van der Waals surface area (Å²) in [5, 5.41) is 13.5. The van der Waals surface area contributed by atoms with Crippen molar-refractivity contribution in [3.05, 3.63) is 59.7 Å². The molecule has 0 bridgehead atoms.